The molecule has 0 bridgehead atoms. The van der Waals surface area contributed by atoms with Crippen LogP contribution in [-0.4, -0.2) is 27.3 Å². The topological polar surface area (TPSA) is 56.1 Å². The van der Waals surface area contributed by atoms with E-state index in [1.807, 2.05) is 66.3 Å². The van der Waals surface area contributed by atoms with Gasteiger partial charge in [-0.05, 0) is 53.2 Å². The summed E-state index contributed by atoms with van der Waals surface area (Å²) in [6.07, 6.45) is 1.01. The molecule has 6 heteroatoms. The molecule has 0 unspecified atom stereocenters. The van der Waals surface area contributed by atoms with Crippen molar-refractivity contribution >= 4 is 5.69 Å². The lowest BCUT2D eigenvalue weighted by molar-refractivity contribution is 0.482. The van der Waals surface area contributed by atoms with Crippen LogP contribution in [0, 0.1) is 0 Å². The number of benzene rings is 2. The van der Waals surface area contributed by atoms with E-state index in [2.05, 4.69) is 27.3 Å². The van der Waals surface area contributed by atoms with Crippen molar-refractivity contribution < 1.29 is 4.74 Å². The summed E-state index contributed by atoms with van der Waals surface area (Å²) in [4.78, 5) is 2.12. The molecule has 0 aliphatic rings. The second-order valence-electron chi connectivity index (χ2n) is 5.58. The molecule has 1 aromatic heterocycles. The minimum Gasteiger partial charge on any atom is -0.457 e. The fourth-order valence-electron chi connectivity index (χ4n) is 2.42. The molecule has 0 saturated heterocycles. The van der Waals surface area contributed by atoms with Crippen molar-refractivity contribution in [1.29, 1.82) is 0 Å². The SMILES string of the molecule is CCCn1nnnc1CN(C)c1ccc(Oc2ccccc2)cc1. The zero-order valence-electron chi connectivity index (χ0n) is 14.0. The Morgan fingerprint density at radius 2 is 1.71 bits per heavy atom. The Balaban J connectivity index is 1.65. The molecule has 0 fully saturated rings. The molecule has 0 aliphatic heterocycles. The van der Waals surface area contributed by atoms with Crippen molar-refractivity contribution in [2.24, 2.45) is 0 Å². The summed E-state index contributed by atoms with van der Waals surface area (Å²) in [5, 5.41) is 11.9. The molecule has 6 nitrogen and oxygen atoms in total. The molecule has 3 aromatic rings. The Labute approximate surface area is 141 Å². The van der Waals surface area contributed by atoms with Gasteiger partial charge in [-0.2, -0.15) is 0 Å². The quantitative estimate of drug-likeness (QED) is 0.666. The second kappa shape index (κ2) is 7.59. The predicted octanol–water partition coefficient (Wildman–Crippen LogP) is 3.51. The van der Waals surface area contributed by atoms with Gasteiger partial charge in [0.15, 0.2) is 5.82 Å². The zero-order valence-corrected chi connectivity index (χ0v) is 14.0. The smallest absolute Gasteiger partial charge is 0.170 e. The number of aromatic nitrogens is 4. The third kappa shape index (κ3) is 3.90. The lowest BCUT2D eigenvalue weighted by Crippen LogP contribution is -2.20. The fourth-order valence-corrected chi connectivity index (χ4v) is 2.42. The molecule has 1 heterocycles. The van der Waals surface area contributed by atoms with Crippen LogP contribution in [0.1, 0.15) is 19.2 Å². The molecular weight excluding hydrogens is 302 g/mol. The summed E-state index contributed by atoms with van der Waals surface area (Å²) in [5.41, 5.74) is 1.08. The normalized spacial score (nSPS) is 10.6. The van der Waals surface area contributed by atoms with Gasteiger partial charge < -0.3 is 9.64 Å². The first-order valence-electron chi connectivity index (χ1n) is 8.05. The van der Waals surface area contributed by atoms with Crippen molar-refractivity contribution in [3.63, 3.8) is 0 Å². The highest BCUT2D eigenvalue weighted by molar-refractivity contribution is 5.49. The van der Waals surface area contributed by atoms with Crippen LogP contribution in [-0.2, 0) is 13.1 Å². The van der Waals surface area contributed by atoms with Crippen molar-refractivity contribution in [2.45, 2.75) is 26.4 Å². The van der Waals surface area contributed by atoms with Gasteiger partial charge in [-0.15, -0.1) is 5.10 Å². The van der Waals surface area contributed by atoms with Crippen molar-refractivity contribution in [3.8, 4) is 11.5 Å². The first kappa shape index (κ1) is 16.0. The van der Waals surface area contributed by atoms with Gasteiger partial charge >= 0.3 is 0 Å². The minimum absolute atomic E-state index is 0.659. The lowest BCUT2D eigenvalue weighted by Gasteiger charge is -2.19. The van der Waals surface area contributed by atoms with E-state index in [9.17, 15) is 0 Å². The van der Waals surface area contributed by atoms with Crippen LogP contribution in [0.5, 0.6) is 11.5 Å². The summed E-state index contributed by atoms with van der Waals surface area (Å²) in [6, 6.07) is 17.8. The first-order chi connectivity index (χ1) is 11.8. The van der Waals surface area contributed by atoms with E-state index in [1.165, 1.54) is 0 Å². The molecule has 0 radical (unpaired) electrons. The van der Waals surface area contributed by atoms with Gasteiger partial charge in [0, 0.05) is 19.3 Å². The molecule has 24 heavy (non-hydrogen) atoms. The maximum absolute atomic E-state index is 5.82. The van der Waals surface area contributed by atoms with E-state index in [0.717, 1.165) is 36.0 Å². The Kier molecular flexibility index (Phi) is 5.05. The molecule has 0 atom stereocenters. The van der Waals surface area contributed by atoms with Gasteiger partial charge in [0.05, 0.1) is 6.54 Å². The largest absolute Gasteiger partial charge is 0.457 e. The van der Waals surface area contributed by atoms with Crippen LogP contribution in [0.4, 0.5) is 5.69 Å². The highest BCUT2D eigenvalue weighted by Crippen LogP contribution is 2.24. The Hall–Kier alpha value is -2.89. The minimum atomic E-state index is 0.659. The summed E-state index contributed by atoms with van der Waals surface area (Å²) in [7, 11) is 2.03. The number of anilines is 1. The van der Waals surface area contributed by atoms with Gasteiger partial charge in [0.1, 0.15) is 11.5 Å². The summed E-state index contributed by atoms with van der Waals surface area (Å²) >= 11 is 0. The van der Waals surface area contributed by atoms with Crippen LogP contribution in [0.3, 0.4) is 0 Å². The monoisotopic (exact) mass is 323 g/mol. The maximum atomic E-state index is 5.82. The molecule has 0 spiro atoms. The Bertz CT molecular complexity index is 755. The molecule has 0 aliphatic carbocycles. The van der Waals surface area contributed by atoms with E-state index < -0.39 is 0 Å². The first-order valence-corrected chi connectivity index (χ1v) is 8.05. The molecule has 3 rings (SSSR count). The van der Waals surface area contributed by atoms with Gasteiger partial charge in [-0.25, -0.2) is 4.68 Å². The number of hydrogen-bond donors (Lipinski definition) is 0. The number of tetrazole rings is 1. The van der Waals surface area contributed by atoms with Crippen LogP contribution in [0.2, 0.25) is 0 Å². The van der Waals surface area contributed by atoms with Crippen molar-refractivity contribution in [2.75, 3.05) is 11.9 Å². The van der Waals surface area contributed by atoms with Crippen LogP contribution in [0.25, 0.3) is 0 Å². The number of aryl methyl sites for hydroxylation is 1. The van der Waals surface area contributed by atoms with Crippen LogP contribution >= 0.6 is 0 Å². The van der Waals surface area contributed by atoms with E-state index >= 15 is 0 Å². The third-order valence-electron chi connectivity index (χ3n) is 3.68. The van der Waals surface area contributed by atoms with Gasteiger partial charge in [-0.3, -0.25) is 0 Å². The molecule has 0 saturated carbocycles. The van der Waals surface area contributed by atoms with Gasteiger partial charge in [-0.1, -0.05) is 25.1 Å². The average molecular weight is 323 g/mol. The van der Waals surface area contributed by atoms with Crippen LogP contribution < -0.4 is 9.64 Å². The zero-order chi connectivity index (χ0) is 16.8. The number of nitrogens with zero attached hydrogens (tertiary/aromatic N) is 5. The number of rotatable bonds is 7. The maximum Gasteiger partial charge on any atom is 0.170 e. The van der Waals surface area contributed by atoms with Crippen LogP contribution in [0.15, 0.2) is 54.6 Å². The average Bonchev–Trinajstić information content (AvgIpc) is 3.04. The highest BCUT2D eigenvalue weighted by Gasteiger charge is 2.09. The standard InChI is InChI=1S/C18H21N5O/c1-3-13-23-18(19-20-21-23)14-22(2)15-9-11-17(12-10-15)24-16-7-5-4-6-8-16/h4-12H,3,13-14H2,1-2H3. The van der Waals surface area contributed by atoms with E-state index in [0.29, 0.717) is 6.54 Å². The lowest BCUT2D eigenvalue weighted by atomic mass is 10.2. The van der Waals surface area contributed by atoms with E-state index in [1.54, 1.807) is 0 Å². The third-order valence-corrected chi connectivity index (χ3v) is 3.68. The fraction of sp³-hybridized carbons (Fsp3) is 0.278. The Morgan fingerprint density at radius 3 is 2.42 bits per heavy atom. The second-order valence-corrected chi connectivity index (χ2v) is 5.58. The van der Waals surface area contributed by atoms with E-state index in [4.69, 9.17) is 4.74 Å². The van der Waals surface area contributed by atoms with Gasteiger partial charge in [0.25, 0.3) is 0 Å². The van der Waals surface area contributed by atoms with Gasteiger partial charge in [0.2, 0.25) is 0 Å². The predicted molar refractivity (Wildman–Crippen MR) is 93.2 cm³/mol. The van der Waals surface area contributed by atoms with Crippen molar-refractivity contribution in [1.82, 2.24) is 20.2 Å². The number of hydrogen-bond acceptors (Lipinski definition) is 5. The molecule has 124 valence electrons. The number of ether oxygens (including phenoxy) is 1. The highest BCUT2D eigenvalue weighted by atomic mass is 16.5. The molecular formula is C18H21N5O. The summed E-state index contributed by atoms with van der Waals surface area (Å²) < 4.78 is 7.67. The summed E-state index contributed by atoms with van der Waals surface area (Å²) in [5.74, 6) is 2.51. The molecule has 0 N–H and O–H groups in total. The Morgan fingerprint density at radius 1 is 1.00 bits per heavy atom. The van der Waals surface area contributed by atoms with E-state index in [-0.39, 0.29) is 0 Å². The number of para-hydroxylation sites is 1. The summed E-state index contributed by atoms with van der Waals surface area (Å²) in [6.45, 7) is 3.60. The molecule has 0 amide bonds. The van der Waals surface area contributed by atoms with Crippen molar-refractivity contribution in [3.05, 3.63) is 60.4 Å². The molecule has 2 aromatic carbocycles.